The quantitative estimate of drug-likeness (QED) is 0.712. The molecule has 1 atom stereocenters. The summed E-state index contributed by atoms with van der Waals surface area (Å²) in [7, 11) is 0. The van der Waals surface area contributed by atoms with E-state index in [0.717, 1.165) is 5.39 Å². The third-order valence-electron chi connectivity index (χ3n) is 3.39. The highest BCUT2D eigenvalue weighted by molar-refractivity contribution is 7.99. The average molecular weight is 301 g/mol. The molecular weight excluding hydrogens is 285 g/mol. The molecule has 0 spiro atoms. The molecule has 3 aromatic rings. The Hall–Kier alpha value is -1.78. The van der Waals surface area contributed by atoms with Crippen LogP contribution in [0.25, 0.3) is 11.0 Å². The molecule has 0 saturated carbocycles. The van der Waals surface area contributed by atoms with Crippen LogP contribution in [0.15, 0.2) is 57.8 Å². The summed E-state index contributed by atoms with van der Waals surface area (Å²) in [6, 6.07) is 14.6. The Morgan fingerprint density at radius 1 is 1.19 bits per heavy atom. The van der Waals surface area contributed by atoms with Gasteiger partial charge in [0.2, 0.25) is 0 Å². The van der Waals surface area contributed by atoms with Crippen LogP contribution >= 0.6 is 11.8 Å². The summed E-state index contributed by atoms with van der Waals surface area (Å²) in [5, 5.41) is 0.751. The van der Waals surface area contributed by atoms with Gasteiger partial charge in [0.25, 0.3) is 0 Å². The molecular formula is C17H16FNOS. The molecule has 1 aromatic heterocycles. The number of fused-ring (bicyclic) bond motifs is 1. The van der Waals surface area contributed by atoms with Crippen LogP contribution in [0.2, 0.25) is 0 Å². The number of rotatable bonds is 4. The summed E-state index contributed by atoms with van der Waals surface area (Å²) in [5.74, 6) is 0.959. The van der Waals surface area contributed by atoms with Crippen molar-refractivity contribution < 1.29 is 8.81 Å². The van der Waals surface area contributed by atoms with Crippen LogP contribution in [0.1, 0.15) is 17.4 Å². The first-order valence-corrected chi connectivity index (χ1v) is 7.75. The van der Waals surface area contributed by atoms with Gasteiger partial charge in [0.15, 0.2) is 11.4 Å². The average Bonchev–Trinajstić information content (AvgIpc) is 2.92. The summed E-state index contributed by atoms with van der Waals surface area (Å²) in [6.07, 6.45) is 0. The van der Waals surface area contributed by atoms with E-state index in [4.69, 9.17) is 10.2 Å². The molecule has 0 aliphatic carbocycles. The minimum Gasteiger partial charge on any atom is -0.456 e. The molecule has 2 nitrogen and oxygen atoms in total. The van der Waals surface area contributed by atoms with Crippen LogP contribution in [0.3, 0.4) is 0 Å². The van der Waals surface area contributed by atoms with Gasteiger partial charge in [0.1, 0.15) is 5.76 Å². The van der Waals surface area contributed by atoms with Gasteiger partial charge in [-0.2, -0.15) is 0 Å². The van der Waals surface area contributed by atoms with Crippen LogP contribution in [-0.4, -0.2) is 5.75 Å². The van der Waals surface area contributed by atoms with E-state index in [1.807, 2.05) is 24.3 Å². The summed E-state index contributed by atoms with van der Waals surface area (Å²) >= 11 is 1.69. The SMILES string of the molecule is Cc1ccccc1SCC(N)c1cc2cccc(F)c2o1. The second kappa shape index (κ2) is 5.92. The largest absolute Gasteiger partial charge is 0.456 e. The number of benzene rings is 2. The van der Waals surface area contributed by atoms with E-state index in [0.29, 0.717) is 11.5 Å². The Balaban J connectivity index is 1.76. The molecule has 0 fully saturated rings. The number of para-hydroxylation sites is 1. The standard InChI is InChI=1S/C17H16FNOS/c1-11-5-2-3-8-16(11)21-10-14(19)15-9-12-6-4-7-13(18)17(12)20-15/h2-9,14H,10,19H2,1H3. The zero-order chi connectivity index (χ0) is 14.8. The maximum atomic E-state index is 13.6. The minimum absolute atomic E-state index is 0.263. The fourth-order valence-electron chi connectivity index (χ4n) is 2.21. The summed E-state index contributed by atoms with van der Waals surface area (Å²) in [4.78, 5) is 1.20. The van der Waals surface area contributed by atoms with E-state index in [9.17, 15) is 4.39 Å². The maximum absolute atomic E-state index is 13.6. The van der Waals surface area contributed by atoms with Gasteiger partial charge < -0.3 is 10.2 Å². The minimum atomic E-state index is -0.350. The second-order valence-corrected chi connectivity index (χ2v) is 6.05. The summed E-state index contributed by atoms with van der Waals surface area (Å²) < 4.78 is 19.2. The number of furan rings is 1. The first-order valence-electron chi connectivity index (χ1n) is 6.77. The molecule has 0 bridgehead atoms. The second-order valence-electron chi connectivity index (χ2n) is 4.99. The van der Waals surface area contributed by atoms with Crippen LogP contribution < -0.4 is 5.73 Å². The van der Waals surface area contributed by atoms with Crippen molar-refractivity contribution in [3.05, 3.63) is 65.7 Å². The number of nitrogens with two attached hydrogens (primary N) is 1. The first kappa shape index (κ1) is 14.2. The number of hydrogen-bond acceptors (Lipinski definition) is 3. The van der Waals surface area contributed by atoms with Gasteiger partial charge in [-0.1, -0.05) is 30.3 Å². The monoisotopic (exact) mass is 301 g/mol. The smallest absolute Gasteiger partial charge is 0.169 e. The number of halogens is 1. The predicted octanol–water partition coefficient (Wildman–Crippen LogP) is 4.67. The molecule has 0 radical (unpaired) electrons. The Kier molecular flexibility index (Phi) is 3.99. The molecule has 0 aliphatic heterocycles. The maximum Gasteiger partial charge on any atom is 0.169 e. The first-order chi connectivity index (χ1) is 10.1. The van der Waals surface area contributed by atoms with E-state index in [2.05, 4.69) is 19.1 Å². The van der Waals surface area contributed by atoms with Crippen molar-refractivity contribution in [2.45, 2.75) is 17.9 Å². The van der Waals surface area contributed by atoms with Crippen molar-refractivity contribution in [2.75, 3.05) is 5.75 Å². The van der Waals surface area contributed by atoms with Crippen molar-refractivity contribution in [2.24, 2.45) is 5.73 Å². The fourth-order valence-corrected chi connectivity index (χ4v) is 3.20. The van der Waals surface area contributed by atoms with Crippen LogP contribution in [-0.2, 0) is 0 Å². The van der Waals surface area contributed by atoms with Crippen molar-refractivity contribution >= 4 is 22.7 Å². The lowest BCUT2D eigenvalue weighted by Crippen LogP contribution is -2.11. The number of thioether (sulfide) groups is 1. The molecule has 1 heterocycles. The van der Waals surface area contributed by atoms with Gasteiger partial charge in [-0.05, 0) is 30.7 Å². The summed E-state index contributed by atoms with van der Waals surface area (Å²) in [5.41, 5.74) is 7.68. The number of hydrogen-bond donors (Lipinski definition) is 1. The molecule has 2 N–H and O–H groups in total. The molecule has 0 saturated heterocycles. The zero-order valence-electron chi connectivity index (χ0n) is 11.7. The normalized spacial score (nSPS) is 12.7. The molecule has 1 unspecified atom stereocenters. The van der Waals surface area contributed by atoms with Crippen molar-refractivity contribution in [1.29, 1.82) is 0 Å². The van der Waals surface area contributed by atoms with Crippen molar-refractivity contribution in [3.8, 4) is 0 Å². The lowest BCUT2D eigenvalue weighted by atomic mass is 10.2. The number of aryl methyl sites for hydroxylation is 1. The van der Waals surface area contributed by atoms with E-state index >= 15 is 0 Å². The van der Waals surface area contributed by atoms with Gasteiger partial charge in [-0.25, -0.2) is 4.39 Å². The van der Waals surface area contributed by atoms with Gasteiger partial charge >= 0.3 is 0 Å². The van der Waals surface area contributed by atoms with E-state index in [1.165, 1.54) is 16.5 Å². The predicted molar refractivity (Wildman–Crippen MR) is 85.0 cm³/mol. The van der Waals surface area contributed by atoms with Crippen molar-refractivity contribution in [3.63, 3.8) is 0 Å². The van der Waals surface area contributed by atoms with Crippen LogP contribution in [0.5, 0.6) is 0 Å². The van der Waals surface area contributed by atoms with Crippen LogP contribution in [0.4, 0.5) is 4.39 Å². The lowest BCUT2D eigenvalue weighted by molar-refractivity contribution is 0.495. The van der Waals surface area contributed by atoms with E-state index in [-0.39, 0.29) is 17.4 Å². The molecule has 4 heteroatoms. The molecule has 3 rings (SSSR count). The molecule has 21 heavy (non-hydrogen) atoms. The molecule has 0 aliphatic rings. The van der Waals surface area contributed by atoms with Gasteiger partial charge in [0, 0.05) is 16.0 Å². The molecule has 108 valence electrons. The van der Waals surface area contributed by atoms with E-state index in [1.54, 1.807) is 17.8 Å². The molecule has 2 aromatic carbocycles. The van der Waals surface area contributed by atoms with Gasteiger partial charge in [-0.3, -0.25) is 0 Å². The highest BCUT2D eigenvalue weighted by atomic mass is 32.2. The molecule has 0 amide bonds. The summed E-state index contributed by atoms with van der Waals surface area (Å²) in [6.45, 7) is 2.07. The Morgan fingerprint density at radius 2 is 2.00 bits per heavy atom. The highest BCUT2D eigenvalue weighted by Gasteiger charge is 2.14. The highest BCUT2D eigenvalue weighted by Crippen LogP contribution is 2.29. The Bertz CT molecular complexity index is 768. The van der Waals surface area contributed by atoms with Crippen LogP contribution in [0, 0.1) is 12.7 Å². The van der Waals surface area contributed by atoms with Gasteiger partial charge in [0.05, 0.1) is 6.04 Å². The third kappa shape index (κ3) is 2.96. The Labute approximate surface area is 127 Å². The topological polar surface area (TPSA) is 39.2 Å². The van der Waals surface area contributed by atoms with Gasteiger partial charge in [-0.15, -0.1) is 11.8 Å². The lowest BCUT2D eigenvalue weighted by Gasteiger charge is -2.09. The van der Waals surface area contributed by atoms with E-state index < -0.39 is 0 Å². The Morgan fingerprint density at radius 3 is 2.76 bits per heavy atom. The van der Waals surface area contributed by atoms with Crippen molar-refractivity contribution in [1.82, 2.24) is 0 Å². The fraction of sp³-hybridized carbons (Fsp3) is 0.176. The third-order valence-corrected chi connectivity index (χ3v) is 4.69. The zero-order valence-corrected chi connectivity index (χ0v) is 12.5.